The summed E-state index contributed by atoms with van der Waals surface area (Å²) in [6.07, 6.45) is 2.79. The minimum atomic E-state index is -0.110. The average Bonchev–Trinajstić information content (AvgIpc) is 2.84. The number of aromatic amines is 1. The van der Waals surface area contributed by atoms with E-state index in [0.717, 1.165) is 23.3 Å². The molecule has 0 aliphatic rings. The first-order chi connectivity index (χ1) is 9.15. The van der Waals surface area contributed by atoms with Crippen LogP contribution in [0.4, 0.5) is 0 Å². The van der Waals surface area contributed by atoms with E-state index < -0.39 is 0 Å². The summed E-state index contributed by atoms with van der Waals surface area (Å²) in [5.74, 6) is 0.869. The molecule has 2 N–H and O–H groups in total. The van der Waals surface area contributed by atoms with Crippen molar-refractivity contribution in [3.05, 3.63) is 30.1 Å². The van der Waals surface area contributed by atoms with Gasteiger partial charge in [-0.15, -0.1) is 0 Å². The summed E-state index contributed by atoms with van der Waals surface area (Å²) >= 11 is 1.58. The van der Waals surface area contributed by atoms with E-state index in [1.54, 1.807) is 11.8 Å². The molecule has 0 unspecified atom stereocenters. The Balaban J connectivity index is 2.11. The lowest BCUT2D eigenvalue weighted by Gasteiger charge is -2.16. The van der Waals surface area contributed by atoms with Crippen LogP contribution >= 0.6 is 11.8 Å². The van der Waals surface area contributed by atoms with Gasteiger partial charge in [-0.3, -0.25) is 4.79 Å². The minimum absolute atomic E-state index is 0.00632. The number of carbonyl (C=O) groups is 1. The Morgan fingerprint density at radius 2 is 2.21 bits per heavy atom. The monoisotopic (exact) mass is 277 g/mol. The Labute approximate surface area is 117 Å². The fraction of sp³-hybridized carbons (Fsp3) is 0.429. The summed E-state index contributed by atoms with van der Waals surface area (Å²) in [6, 6.07) is 7.75. The van der Waals surface area contributed by atoms with E-state index in [2.05, 4.69) is 15.3 Å². The maximum Gasteiger partial charge on any atom is 0.233 e. The third-order valence-electron chi connectivity index (χ3n) is 3.12. The summed E-state index contributed by atoms with van der Waals surface area (Å²) in [7, 11) is 0. The molecule has 0 saturated carbocycles. The maximum atomic E-state index is 12.0. The standard InChI is InChI=1S/C14H19N3OS/c1-4-12(19-3)14(18)15-9(2)13-16-10-7-5-6-8-11(10)17-13/h5-9,12H,4H2,1-3H3,(H,15,18)(H,16,17)/t9-,12+/m1/s1. The molecule has 0 bridgehead atoms. The van der Waals surface area contributed by atoms with Crippen molar-refractivity contribution >= 4 is 28.7 Å². The number of H-pyrrole nitrogens is 1. The molecule has 102 valence electrons. The fourth-order valence-electron chi connectivity index (χ4n) is 2.01. The zero-order chi connectivity index (χ0) is 13.8. The highest BCUT2D eigenvalue weighted by Gasteiger charge is 2.19. The van der Waals surface area contributed by atoms with Gasteiger partial charge in [-0.05, 0) is 31.7 Å². The SMILES string of the molecule is CC[C@H](SC)C(=O)N[C@H](C)c1nc2ccccc2[nH]1. The lowest BCUT2D eigenvalue weighted by molar-refractivity contribution is -0.121. The average molecular weight is 277 g/mol. The second-order valence-electron chi connectivity index (χ2n) is 4.50. The van der Waals surface area contributed by atoms with Crippen molar-refractivity contribution in [2.24, 2.45) is 0 Å². The topological polar surface area (TPSA) is 57.8 Å². The van der Waals surface area contributed by atoms with Crippen molar-refractivity contribution < 1.29 is 4.79 Å². The highest BCUT2D eigenvalue weighted by molar-refractivity contribution is 7.99. The van der Waals surface area contributed by atoms with Gasteiger partial charge in [0.1, 0.15) is 5.82 Å². The number of aromatic nitrogens is 2. The summed E-state index contributed by atoms with van der Waals surface area (Å²) in [4.78, 5) is 19.8. The predicted octanol–water partition coefficient (Wildman–Crippen LogP) is 2.88. The van der Waals surface area contributed by atoms with Gasteiger partial charge in [-0.2, -0.15) is 11.8 Å². The highest BCUT2D eigenvalue weighted by atomic mass is 32.2. The highest BCUT2D eigenvalue weighted by Crippen LogP contribution is 2.17. The van der Waals surface area contributed by atoms with Gasteiger partial charge in [0.2, 0.25) is 5.91 Å². The first-order valence-corrected chi connectivity index (χ1v) is 7.72. The number of para-hydroxylation sites is 2. The van der Waals surface area contributed by atoms with Gasteiger partial charge in [-0.25, -0.2) is 4.98 Å². The van der Waals surface area contributed by atoms with E-state index in [-0.39, 0.29) is 17.2 Å². The Morgan fingerprint density at radius 3 is 2.84 bits per heavy atom. The fourth-order valence-corrected chi connectivity index (χ4v) is 2.63. The van der Waals surface area contributed by atoms with Crippen molar-refractivity contribution in [1.82, 2.24) is 15.3 Å². The molecule has 0 aliphatic carbocycles. The molecule has 0 fully saturated rings. The van der Waals surface area contributed by atoms with Crippen LogP contribution in [-0.2, 0) is 4.79 Å². The van der Waals surface area contributed by atoms with Gasteiger partial charge >= 0.3 is 0 Å². The number of hydrogen-bond acceptors (Lipinski definition) is 3. The molecule has 0 saturated heterocycles. The molecule has 2 aromatic rings. The van der Waals surface area contributed by atoms with Crippen LogP contribution < -0.4 is 5.32 Å². The second kappa shape index (κ2) is 6.10. The molecule has 2 rings (SSSR count). The van der Waals surface area contributed by atoms with Crippen LogP contribution in [0.2, 0.25) is 0 Å². The Bertz CT molecular complexity index is 530. The summed E-state index contributed by atoms with van der Waals surface area (Å²) in [6.45, 7) is 3.97. The number of benzene rings is 1. The number of thioether (sulfide) groups is 1. The molecular weight excluding hydrogens is 258 g/mol. The van der Waals surface area contributed by atoms with Crippen molar-refractivity contribution in [1.29, 1.82) is 0 Å². The Kier molecular flexibility index (Phi) is 4.47. The maximum absolute atomic E-state index is 12.0. The van der Waals surface area contributed by atoms with E-state index in [9.17, 15) is 4.79 Å². The van der Waals surface area contributed by atoms with Gasteiger partial charge < -0.3 is 10.3 Å². The van der Waals surface area contributed by atoms with Crippen molar-refractivity contribution in [2.75, 3.05) is 6.26 Å². The van der Waals surface area contributed by atoms with Gasteiger partial charge in [0, 0.05) is 0 Å². The number of rotatable bonds is 5. The molecule has 5 heteroatoms. The van der Waals surface area contributed by atoms with Crippen LogP contribution in [0.3, 0.4) is 0 Å². The molecule has 1 aromatic heterocycles. The predicted molar refractivity (Wildman–Crippen MR) is 80.2 cm³/mol. The van der Waals surface area contributed by atoms with Crippen molar-refractivity contribution in [3.8, 4) is 0 Å². The molecule has 0 aliphatic heterocycles. The van der Waals surface area contributed by atoms with E-state index in [1.165, 1.54) is 0 Å². The van der Waals surface area contributed by atoms with Crippen LogP contribution in [0.25, 0.3) is 11.0 Å². The van der Waals surface area contributed by atoms with Gasteiger partial charge in [0.15, 0.2) is 0 Å². The summed E-state index contributed by atoms with van der Waals surface area (Å²) < 4.78 is 0. The van der Waals surface area contributed by atoms with Gasteiger partial charge in [0.05, 0.1) is 22.3 Å². The largest absolute Gasteiger partial charge is 0.345 e. The molecule has 4 nitrogen and oxygen atoms in total. The summed E-state index contributed by atoms with van der Waals surface area (Å²) in [5.41, 5.74) is 1.92. The molecule has 0 radical (unpaired) electrons. The molecule has 2 atom stereocenters. The normalized spacial score (nSPS) is 14.3. The van der Waals surface area contributed by atoms with Crippen LogP contribution in [0, 0.1) is 0 Å². The van der Waals surface area contributed by atoms with Crippen LogP contribution in [-0.4, -0.2) is 27.4 Å². The van der Waals surface area contributed by atoms with E-state index in [0.29, 0.717) is 0 Å². The molecular formula is C14H19N3OS. The smallest absolute Gasteiger partial charge is 0.233 e. The van der Waals surface area contributed by atoms with Crippen molar-refractivity contribution in [2.45, 2.75) is 31.6 Å². The lowest BCUT2D eigenvalue weighted by atomic mass is 10.2. The van der Waals surface area contributed by atoms with Crippen molar-refractivity contribution in [3.63, 3.8) is 0 Å². The molecule has 1 heterocycles. The minimum Gasteiger partial charge on any atom is -0.345 e. The molecule has 0 spiro atoms. The summed E-state index contributed by atoms with van der Waals surface area (Å²) in [5, 5.41) is 3.01. The zero-order valence-corrected chi connectivity index (χ0v) is 12.3. The molecule has 1 aromatic carbocycles. The molecule has 19 heavy (non-hydrogen) atoms. The Morgan fingerprint density at radius 1 is 1.47 bits per heavy atom. The number of carbonyl (C=O) groups excluding carboxylic acids is 1. The van der Waals surface area contributed by atoms with E-state index >= 15 is 0 Å². The van der Waals surface area contributed by atoms with E-state index in [1.807, 2.05) is 44.4 Å². The first-order valence-electron chi connectivity index (χ1n) is 6.43. The van der Waals surface area contributed by atoms with Gasteiger partial charge in [0.25, 0.3) is 0 Å². The lowest BCUT2D eigenvalue weighted by Crippen LogP contribution is -2.34. The number of hydrogen-bond donors (Lipinski definition) is 2. The second-order valence-corrected chi connectivity index (χ2v) is 5.54. The number of fused-ring (bicyclic) bond motifs is 1. The Hall–Kier alpha value is -1.49. The zero-order valence-electron chi connectivity index (χ0n) is 11.4. The van der Waals surface area contributed by atoms with Gasteiger partial charge in [-0.1, -0.05) is 19.1 Å². The number of nitrogens with zero attached hydrogens (tertiary/aromatic N) is 1. The first kappa shape index (κ1) is 13.9. The van der Waals surface area contributed by atoms with Crippen LogP contribution in [0.5, 0.6) is 0 Å². The van der Waals surface area contributed by atoms with Crippen LogP contribution in [0.1, 0.15) is 32.1 Å². The third kappa shape index (κ3) is 3.10. The van der Waals surface area contributed by atoms with Crippen LogP contribution in [0.15, 0.2) is 24.3 Å². The third-order valence-corrected chi connectivity index (χ3v) is 4.24. The number of amides is 1. The van der Waals surface area contributed by atoms with E-state index in [4.69, 9.17) is 0 Å². The number of imidazole rings is 1. The number of nitrogens with one attached hydrogen (secondary N) is 2. The molecule has 1 amide bonds. The quantitative estimate of drug-likeness (QED) is 0.883.